The van der Waals surface area contributed by atoms with Crippen molar-refractivity contribution in [3.63, 3.8) is 0 Å². The van der Waals surface area contributed by atoms with Gasteiger partial charge in [-0.15, -0.1) is 0 Å². The van der Waals surface area contributed by atoms with Gasteiger partial charge in [-0.25, -0.2) is 0 Å². The lowest BCUT2D eigenvalue weighted by Gasteiger charge is -2.20. The molecule has 1 heterocycles. The second-order valence-corrected chi connectivity index (χ2v) is 6.69. The summed E-state index contributed by atoms with van der Waals surface area (Å²) in [6, 6.07) is 7.45. The minimum absolute atomic E-state index is 0.569. The number of hydrogen-bond donors (Lipinski definition) is 1. The fourth-order valence-corrected chi connectivity index (χ4v) is 4.64. The van der Waals surface area contributed by atoms with Crippen LogP contribution in [0.1, 0.15) is 49.8 Å². The topological polar surface area (TPSA) is 21.3 Å². The first kappa shape index (κ1) is 12.7. The van der Waals surface area contributed by atoms with Crippen molar-refractivity contribution in [1.82, 2.24) is 5.32 Å². The van der Waals surface area contributed by atoms with E-state index in [0.717, 1.165) is 43.1 Å². The highest BCUT2D eigenvalue weighted by Gasteiger charge is 2.54. The van der Waals surface area contributed by atoms with Gasteiger partial charge < -0.3 is 10.1 Å². The molecule has 2 nitrogen and oxygen atoms in total. The van der Waals surface area contributed by atoms with Gasteiger partial charge in [-0.1, -0.05) is 31.9 Å². The molecule has 0 saturated heterocycles. The zero-order valence-electron chi connectivity index (χ0n) is 12.4. The second kappa shape index (κ2) is 5.07. The Morgan fingerprint density at radius 1 is 1.25 bits per heavy atom. The molecule has 2 aliphatic carbocycles. The predicted octanol–water partition coefficient (Wildman–Crippen LogP) is 3.71. The Bertz CT molecular complexity index is 486. The Morgan fingerprint density at radius 3 is 2.80 bits per heavy atom. The van der Waals surface area contributed by atoms with E-state index in [4.69, 9.17) is 4.74 Å². The lowest BCUT2D eigenvalue weighted by Crippen LogP contribution is -2.24. The molecule has 0 bridgehead atoms. The van der Waals surface area contributed by atoms with Crippen LogP contribution >= 0.6 is 0 Å². The molecule has 1 aromatic rings. The molecule has 1 aromatic carbocycles. The monoisotopic (exact) mass is 271 g/mol. The quantitative estimate of drug-likeness (QED) is 0.901. The standard InChI is InChI=1S/C18H25NO/c1-2-19-18(17-14-5-3-4-6-15(14)17)13-7-8-16-12(11-13)9-10-20-16/h7-8,11,14-15,17-19H,2-6,9-10H2,1H3. The first-order valence-corrected chi connectivity index (χ1v) is 8.37. The maximum atomic E-state index is 5.64. The summed E-state index contributed by atoms with van der Waals surface area (Å²) in [7, 11) is 0. The number of rotatable bonds is 4. The molecule has 1 aliphatic heterocycles. The van der Waals surface area contributed by atoms with Crippen LogP contribution in [0.2, 0.25) is 0 Å². The molecule has 0 amide bonds. The summed E-state index contributed by atoms with van der Waals surface area (Å²) in [5.74, 6) is 3.99. The lowest BCUT2D eigenvalue weighted by molar-refractivity contribution is 0.356. The lowest BCUT2D eigenvalue weighted by atomic mass is 9.97. The molecule has 0 aromatic heterocycles. The van der Waals surface area contributed by atoms with Gasteiger partial charge in [-0.3, -0.25) is 0 Å². The average molecular weight is 271 g/mol. The van der Waals surface area contributed by atoms with Crippen LogP contribution in [0.25, 0.3) is 0 Å². The van der Waals surface area contributed by atoms with E-state index in [1.54, 1.807) is 0 Å². The van der Waals surface area contributed by atoms with E-state index in [9.17, 15) is 0 Å². The van der Waals surface area contributed by atoms with E-state index in [2.05, 4.69) is 30.4 Å². The SMILES string of the molecule is CCNC(c1ccc2c(c1)CCO2)C1C2CCCCC21. The van der Waals surface area contributed by atoms with Crippen molar-refractivity contribution in [2.24, 2.45) is 17.8 Å². The van der Waals surface area contributed by atoms with Crippen LogP contribution in [0.3, 0.4) is 0 Å². The number of benzene rings is 1. The first-order valence-electron chi connectivity index (χ1n) is 8.37. The molecule has 3 unspecified atom stereocenters. The van der Waals surface area contributed by atoms with Crippen LogP contribution in [0.15, 0.2) is 18.2 Å². The van der Waals surface area contributed by atoms with Crippen LogP contribution < -0.4 is 10.1 Å². The van der Waals surface area contributed by atoms with Crippen molar-refractivity contribution in [2.45, 2.75) is 45.1 Å². The third-order valence-corrected chi connectivity index (χ3v) is 5.60. The molecule has 1 N–H and O–H groups in total. The molecule has 4 rings (SSSR count). The summed E-state index contributed by atoms with van der Waals surface area (Å²) < 4.78 is 5.64. The Kier molecular flexibility index (Phi) is 3.22. The van der Waals surface area contributed by atoms with Crippen LogP contribution in [0, 0.1) is 17.8 Å². The molecule has 0 radical (unpaired) electrons. The van der Waals surface area contributed by atoms with Gasteiger partial charge in [0.05, 0.1) is 6.61 Å². The summed E-state index contributed by atoms with van der Waals surface area (Å²) >= 11 is 0. The Balaban J connectivity index is 1.59. The summed E-state index contributed by atoms with van der Waals surface area (Å²) in [6.45, 7) is 4.16. The number of fused-ring (bicyclic) bond motifs is 2. The molecule has 2 fully saturated rings. The minimum atomic E-state index is 0.569. The van der Waals surface area contributed by atoms with Crippen molar-refractivity contribution in [3.8, 4) is 5.75 Å². The van der Waals surface area contributed by atoms with Gasteiger partial charge in [0.25, 0.3) is 0 Å². The highest BCUT2D eigenvalue weighted by Crippen LogP contribution is 2.60. The zero-order chi connectivity index (χ0) is 13.5. The van der Waals surface area contributed by atoms with Crippen molar-refractivity contribution in [1.29, 1.82) is 0 Å². The van der Waals surface area contributed by atoms with Crippen molar-refractivity contribution in [2.75, 3.05) is 13.2 Å². The molecule has 20 heavy (non-hydrogen) atoms. The molecular weight excluding hydrogens is 246 g/mol. The van der Waals surface area contributed by atoms with Gasteiger partial charge in [-0.2, -0.15) is 0 Å². The number of nitrogens with one attached hydrogen (secondary N) is 1. The van der Waals surface area contributed by atoms with Crippen LogP contribution in [0.5, 0.6) is 5.75 Å². The summed E-state index contributed by atoms with van der Waals surface area (Å²) in [6.07, 6.45) is 6.92. The Hall–Kier alpha value is -1.02. The van der Waals surface area contributed by atoms with Gasteiger partial charge in [0, 0.05) is 12.5 Å². The minimum Gasteiger partial charge on any atom is -0.493 e. The highest BCUT2D eigenvalue weighted by atomic mass is 16.5. The predicted molar refractivity (Wildman–Crippen MR) is 81.0 cm³/mol. The average Bonchev–Trinajstić information content (AvgIpc) is 3.00. The molecule has 2 heteroatoms. The van der Waals surface area contributed by atoms with E-state index in [0.29, 0.717) is 6.04 Å². The van der Waals surface area contributed by atoms with E-state index >= 15 is 0 Å². The zero-order valence-corrected chi connectivity index (χ0v) is 12.4. The molecule has 108 valence electrons. The Labute approximate surface area is 121 Å². The summed E-state index contributed by atoms with van der Waals surface area (Å²) in [5.41, 5.74) is 2.91. The maximum Gasteiger partial charge on any atom is 0.122 e. The third-order valence-electron chi connectivity index (χ3n) is 5.60. The summed E-state index contributed by atoms with van der Waals surface area (Å²) in [5, 5.41) is 3.77. The van der Waals surface area contributed by atoms with E-state index in [1.165, 1.54) is 36.8 Å². The van der Waals surface area contributed by atoms with Gasteiger partial charge >= 0.3 is 0 Å². The van der Waals surface area contributed by atoms with E-state index in [-0.39, 0.29) is 0 Å². The maximum absolute atomic E-state index is 5.64. The van der Waals surface area contributed by atoms with Gasteiger partial charge in [0.1, 0.15) is 5.75 Å². The van der Waals surface area contributed by atoms with Crippen LogP contribution in [-0.4, -0.2) is 13.2 Å². The molecular formula is C18H25NO. The second-order valence-electron chi connectivity index (χ2n) is 6.69. The molecule has 2 saturated carbocycles. The third kappa shape index (κ3) is 2.05. The summed E-state index contributed by atoms with van der Waals surface area (Å²) in [4.78, 5) is 0. The fourth-order valence-electron chi connectivity index (χ4n) is 4.64. The normalized spacial score (nSPS) is 32.1. The largest absolute Gasteiger partial charge is 0.493 e. The number of hydrogen-bond acceptors (Lipinski definition) is 2. The molecule has 3 atom stereocenters. The van der Waals surface area contributed by atoms with Gasteiger partial charge in [0.15, 0.2) is 0 Å². The smallest absolute Gasteiger partial charge is 0.122 e. The van der Waals surface area contributed by atoms with Crippen LogP contribution in [0.4, 0.5) is 0 Å². The molecule has 0 spiro atoms. The van der Waals surface area contributed by atoms with Crippen molar-refractivity contribution < 1.29 is 4.74 Å². The van der Waals surface area contributed by atoms with Crippen LogP contribution in [-0.2, 0) is 6.42 Å². The fraction of sp³-hybridized carbons (Fsp3) is 0.667. The van der Waals surface area contributed by atoms with Crippen molar-refractivity contribution in [3.05, 3.63) is 29.3 Å². The van der Waals surface area contributed by atoms with Gasteiger partial charge in [-0.05, 0) is 54.3 Å². The van der Waals surface area contributed by atoms with E-state index in [1.807, 2.05) is 0 Å². The van der Waals surface area contributed by atoms with E-state index < -0.39 is 0 Å². The number of ether oxygens (including phenoxy) is 1. The van der Waals surface area contributed by atoms with Gasteiger partial charge in [0.2, 0.25) is 0 Å². The highest BCUT2D eigenvalue weighted by molar-refractivity contribution is 5.41. The van der Waals surface area contributed by atoms with Crippen molar-refractivity contribution >= 4 is 0 Å². The first-order chi connectivity index (χ1) is 9.88. The molecule has 3 aliphatic rings. The Morgan fingerprint density at radius 2 is 2.05 bits per heavy atom.